The number of methoxy groups -OCH3 is 2. The van der Waals surface area contributed by atoms with Crippen LogP contribution >= 0.6 is 11.3 Å². The number of esters is 1. The molecule has 0 N–H and O–H groups in total. The van der Waals surface area contributed by atoms with Gasteiger partial charge in [0.05, 0.1) is 36.1 Å². The van der Waals surface area contributed by atoms with Crippen LogP contribution in [0.25, 0.3) is 6.08 Å². The Balaban J connectivity index is 1.88. The molecular formula is C26H25F2N3O5S. The molecule has 0 saturated carbocycles. The first-order chi connectivity index (χ1) is 17.6. The Morgan fingerprint density at radius 1 is 1.14 bits per heavy atom. The van der Waals surface area contributed by atoms with Crippen LogP contribution in [-0.4, -0.2) is 45.5 Å². The van der Waals surface area contributed by atoms with Crippen molar-refractivity contribution in [3.63, 3.8) is 0 Å². The molecule has 1 aromatic heterocycles. The van der Waals surface area contributed by atoms with Gasteiger partial charge in [-0.3, -0.25) is 9.36 Å². The van der Waals surface area contributed by atoms with E-state index in [-0.39, 0.29) is 22.6 Å². The molecule has 1 aliphatic heterocycles. The van der Waals surface area contributed by atoms with Crippen LogP contribution in [0.15, 0.2) is 63.5 Å². The average molecular weight is 530 g/mol. The molecule has 0 fully saturated rings. The summed E-state index contributed by atoms with van der Waals surface area (Å²) >= 11 is 1.16. The fourth-order valence-corrected chi connectivity index (χ4v) is 5.13. The van der Waals surface area contributed by atoms with Gasteiger partial charge in [0.25, 0.3) is 5.56 Å². The lowest BCUT2D eigenvalue weighted by Crippen LogP contribution is -2.39. The van der Waals surface area contributed by atoms with Crippen molar-refractivity contribution in [1.82, 2.24) is 4.57 Å². The monoisotopic (exact) mass is 529 g/mol. The lowest BCUT2D eigenvalue weighted by molar-refractivity contribution is -0.136. The van der Waals surface area contributed by atoms with Crippen molar-refractivity contribution in [2.45, 2.75) is 19.6 Å². The standard InChI is InChI=1S/C26H25F2N3O5S/c1-14-21(24(33)35-5)22(16-7-9-17(10-8-16)30(2)3)31-23(32)20(37-26(31)29-14)13-15-6-11-18(36-25(27)28)19(12-15)34-4/h6-13,22,25H,1-5H3. The number of carbonyl (C=O) groups is 1. The number of rotatable bonds is 7. The third-order valence-electron chi connectivity index (χ3n) is 5.85. The number of thiazole rings is 1. The van der Waals surface area contributed by atoms with E-state index in [4.69, 9.17) is 9.47 Å². The normalized spacial score (nSPS) is 15.4. The van der Waals surface area contributed by atoms with Gasteiger partial charge in [-0.1, -0.05) is 29.5 Å². The Morgan fingerprint density at radius 2 is 1.84 bits per heavy atom. The summed E-state index contributed by atoms with van der Waals surface area (Å²) in [6, 6.07) is 11.2. The number of allylic oxidation sites excluding steroid dienone is 1. The van der Waals surface area contributed by atoms with E-state index in [1.54, 1.807) is 19.1 Å². The molecule has 0 radical (unpaired) electrons. The lowest BCUT2D eigenvalue weighted by atomic mass is 9.95. The number of nitrogens with zero attached hydrogens (tertiary/aromatic N) is 3. The highest BCUT2D eigenvalue weighted by molar-refractivity contribution is 7.07. The summed E-state index contributed by atoms with van der Waals surface area (Å²) < 4.78 is 41.8. The molecule has 194 valence electrons. The summed E-state index contributed by atoms with van der Waals surface area (Å²) in [7, 11) is 6.46. The second kappa shape index (κ2) is 10.6. The summed E-state index contributed by atoms with van der Waals surface area (Å²) in [6.45, 7) is -1.29. The number of hydrogen-bond acceptors (Lipinski definition) is 8. The van der Waals surface area contributed by atoms with Crippen LogP contribution in [-0.2, 0) is 9.53 Å². The van der Waals surface area contributed by atoms with Gasteiger partial charge >= 0.3 is 12.6 Å². The van der Waals surface area contributed by atoms with Gasteiger partial charge in [0, 0.05) is 19.8 Å². The zero-order chi connectivity index (χ0) is 26.9. The molecule has 1 atom stereocenters. The largest absolute Gasteiger partial charge is 0.493 e. The van der Waals surface area contributed by atoms with E-state index in [9.17, 15) is 18.4 Å². The zero-order valence-corrected chi connectivity index (χ0v) is 21.6. The van der Waals surface area contributed by atoms with Crippen molar-refractivity contribution in [1.29, 1.82) is 0 Å². The van der Waals surface area contributed by atoms with Gasteiger partial charge in [-0.15, -0.1) is 0 Å². The summed E-state index contributed by atoms with van der Waals surface area (Å²) in [5, 5.41) is 0. The second-order valence-corrected chi connectivity index (χ2v) is 9.36. The Kier molecular flexibility index (Phi) is 7.44. The number of benzene rings is 2. The molecule has 8 nitrogen and oxygen atoms in total. The van der Waals surface area contributed by atoms with Crippen LogP contribution in [0.5, 0.6) is 11.5 Å². The molecule has 2 heterocycles. The summed E-state index contributed by atoms with van der Waals surface area (Å²) in [4.78, 5) is 33.3. The number of carbonyl (C=O) groups excluding carboxylic acids is 1. The van der Waals surface area contributed by atoms with Gasteiger partial charge in [-0.05, 0) is 48.4 Å². The van der Waals surface area contributed by atoms with Crippen molar-refractivity contribution < 1.29 is 27.8 Å². The smallest absolute Gasteiger partial charge is 0.387 e. The maximum absolute atomic E-state index is 13.7. The SMILES string of the molecule is COC(=O)C1=C(C)N=c2sc(=Cc3ccc(OC(F)F)c(OC)c3)c(=O)n2C1c1ccc(N(C)C)cc1. The van der Waals surface area contributed by atoms with Crippen LogP contribution in [0.3, 0.4) is 0 Å². The Hall–Kier alpha value is -3.99. The molecule has 2 aromatic carbocycles. The van der Waals surface area contributed by atoms with Gasteiger partial charge in [0.15, 0.2) is 16.3 Å². The highest BCUT2D eigenvalue weighted by atomic mass is 32.1. The Labute approximate surface area is 215 Å². The molecule has 0 amide bonds. The van der Waals surface area contributed by atoms with Crippen molar-refractivity contribution in [2.75, 3.05) is 33.2 Å². The third kappa shape index (κ3) is 5.12. The van der Waals surface area contributed by atoms with Crippen LogP contribution in [0.2, 0.25) is 0 Å². The van der Waals surface area contributed by atoms with E-state index < -0.39 is 18.6 Å². The molecular weight excluding hydrogens is 504 g/mol. The quantitative estimate of drug-likeness (QED) is 0.438. The minimum Gasteiger partial charge on any atom is -0.493 e. The molecule has 0 spiro atoms. The number of ether oxygens (including phenoxy) is 3. The first kappa shape index (κ1) is 26.1. The summed E-state index contributed by atoms with van der Waals surface area (Å²) in [5.41, 5.74) is 2.60. The van der Waals surface area contributed by atoms with E-state index in [2.05, 4.69) is 9.73 Å². The highest BCUT2D eigenvalue weighted by Crippen LogP contribution is 2.32. The van der Waals surface area contributed by atoms with Gasteiger partial charge in [0.2, 0.25) is 0 Å². The molecule has 4 rings (SSSR count). The van der Waals surface area contributed by atoms with Crippen LogP contribution < -0.4 is 29.3 Å². The number of anilines is 1. The van der Waals surface area contributed by atoms with Gasteiger partial charge in [-0.25, -0.2) is 9.79 Å². The highest BCUT2D eigenvalue weighted by Gasteiger charge is 2.33. The molecule has 1 unspecified atom stereocenters. The Morgan fingerprint density at radius 3 is 2.43 bits per heavy atom. The van der Waals surface area contributed by atoms with Crippen LogP contribution in [0.4, 0.5) is 14.5 Å². The number of alkyl halides is 2. The first-order valence-corrected chi connectivity index (χ1v) is 12.0. The number of aromatic nitrogens is 1. The predicted octanol–water partition coefficient (Wildman–Crippen LogP) is 3.08. The number of halogens is 2. The van der Waals surface area contributed by atoms with E-state index in [1.807, 2.05) is 43.3 Å². The zero-order valence-electron chi connectivity index (χ0n) is 20.8. The second-order valence-electron chi connectivity index (χ2n) is 8.35. The molecule has 1 aliphatic rings. The Bertz CT molecular complexity index is 1540. The maximum atomic E-state index is 13.7. The molecule has 0 bridgehead atoms. The maximum Gasteiger partial charge on any atom is 0.387 e. The lowest BCUT2D eigenvalue weighted by Gasteiger charge is -2.25. The van der Waals surface area contributed by atoms with E-state index in [0.29, 0.717) is 20.6 Å². The predicted molar refractivity (Wildman–Crippen MR) is 136 cm³/mol. The summed E-state index contributed by atoms with van der Waals surface area (Å²) in [5.74, 6) is -0.586. The summed E-state index contributed by atoms with van der Waals surface area (Å²) in [6.07, 6.45) is 1.61. The first-order valence-electron chi connectivity index (χ1n) is 11.2. The van der Waals surface area contributed by atoms with Crippen molar-refractivity contribution >= 4 is 29.1 Å². The molecule has 0 aliphatic carbocycles. The van der Waals surface area contributed by atoms with E-state index in [0.717, 1.165) is 22.6 Å². The van der Waals surface area contributed by atoms with E-state index in [1.165, 1.54) is 30.9 Å². The van der Waals surface area contributed by atoms with Gasteiger partial charge in [-0.2, -0.15) is 8.78 Å². The average Bonchev–Trinajstić information content (AvgIpc) is 3.17. The van der Waals surface area contributed by atoms with Crippen molar-refractivity contribution in [2.24, 2.45) is 4.99 Å². The number of fused-ring (bicyclic) bond motifs is 1. The third-order valence-corrected chi connectivity index (χ3v) is 6.84. The number of hydrogen-bond donors (Lipinski definition) is 0. The molecule has 11 heteroatoms. The fourth-order valence-electron chi connectivity index (χ4n) is 4.08. The minimum absolute atomic E-state index is 0.101. The van der Waals surface area contributed by atoms with Gasteiger partial charge in [0.1, 0.15) is 0 Å². The van der Waals surface area contributed by atoms with Gasteiger partial charge < -0.3 is 19.1 Å². The van der Waals surface area contributed by atoms with Crippen molar-refractivity contribution in [3.8, 4) is 11.5 Å². The topological polar surface area (TPSA) is 82.4 Å². The molecule has 37 heavy (non-hydrogen) atoms. The minimum atomic E-state index is -3.00. The van der Waals surface area contributed by atoms with Crippen molar-refractivity contribution in [3.05, 3.63) is 84.5 Å². The molecule has 0 saturated heterocycles. The van der Waals surface area contributed by atoms with E-state index >= 15 is 0 Å². The van der Waals surface area contributed by atoms with Crippen LogP contribution in [0.1, 0.15) is 24.1 Å². The van der Waals surface area contributed by atoms with Crippen LogP contribution in [0, 0.1) is 0 Å². The fraction of sp³-hybridized carbons (Fsp3) is 0.269. The molecule has 3 aromatic rings.